The van der Waals surface area contributed by atoms with Crippen molar-refractivity contribution in [2.75, 3.05) is 5.32 Å². The second-order valence-corrected chi connectivity index (χ2v) is 5.21. The molecular formula is C16H14ClN3O. The normalized spacial score (nSPS) is 10.7. The molecule has 0 radical (unpaired) electrons. The Morgan fingerprint density at radius 3 is 2.90 bits per heavy atom. The number of benzene rings is 1. The smallest absolute Gasteiger partial charge is 0.225 e. The monoisotopic (exact) mass is 299 g/mol. The number of aromatic nitrogens is 2. The number of para-hydroxylation sites is 1. The Bertz CT molecular complexity index is 765. The van der Waals surface area contributed by atoms with Crippen LogP contribution < -0.4 is 5.32 Å². The van der Waals surface area contributed by atoms with Gasteiger partial charge in [-0.2, -0.15) is 0 Å². The van der Waals surface area contributed by atoms with Crippen LogP contribution in [0.4, 0.5) is 5.82 Å². The third-order valence-electron chi connectivity index (χ3n) is 3.29. The maximum Gasteiger partial charge on any atom is 0.225 e. The second kappa shape index (κ2) is 5.97. The molecule has 2 aromatic heterocycles. The lowest BCUT2D eigenvalue weighted by molar-refractivity contribution is -0.116. The minimum absolute atomic E-state index is 0.0601. The highest BCUT2D eigenvalue weighted by atomic mass is 35.5. The van der Waals surface area contributed by atoms with Gasteiger partial charge < -0.3 is 10.3 Å². The lowest BCUT2D eigenvalue weighted by Gasteiger charge is -2.04. The fraction of sp³-hybridized carbons (Fsp3) is 0.125. The molecular weight excluding hydrogens is 286 g/mol. The Labute approximate surface area is 127 Å². The number of fused-ring (bicyclic) bond motifs is 1. The van der Waals surface area contributed by atoms with E-state index in [4.69, 9.17) is 11.6 Å². The molecule has 4 nitrogen and oxygen atoms in total. The van der Waals surface area contributed by atoms with Crippen molar-refractivity contribution < 1.29 is 4.79 Å². The van der Waals surface area contributed by atoms with Crippen LogP contribution in [0.1, 0.15) is 12.0 Å². The van der Waals surface area contributed by atoms with Crippen molar-refractivity contribution in [2.24, 2.45) is 0 Å². The van der Waals surface area contributed by atoms with Gasteiger partial charge in [0.05, 0.1) is 5.02 Å². The fourth-order valence-electron chi connectivity index (χ4n) is 2.24. The van der Waals surface area contributed by atoms with E-state index < -0.39 is 0 Å². The topological polar surface area (TPSA) is 57.8 Å². The molecule has 2 heterocycles. The minimum atomic E-state index is -0.0601. The van der Waals surface area contributed by atoms with Gasteiger partial charge >= 0.3 is 0 Å². The lowest BCUT2D eigenvalue weighted by atomic mass is 10.1. The van der Waals surface area contributed by atoms with Gasteiger partial charge in [0.1, 0.15) is 5.82 Å². The Morgan fingerprint density at radius 2 is 2.10 bits per heavy atom. The number of hydrogen-bond acceptors (Lipinski definition) is 2. The second-order valence-electron chi connectivity index (χ2n) is 4.77. The van der Waals surface area contributed by atoms with Gasteiger partial charge in [-0.05, 0) is 30.2 Å². The summed E-state index contributed by atoms with van der Waals surface area (Å²) in [6, 6.07) is 11.4. The molecule has 0 aliphatic carbocycles. The quantitative estimate of drug-likeness (QED) is 0.770. The van der Waals surface area contributed by atoms with Crippen molar-refractivity contribution in [3.05, 3.63) is 59.4 Å². The Kier molecular flexibility index (Phi) is 3.88. The van der Waals surface area contributed by atoms with Crippen LogP contribution in [0.25, 0.3) is 10.9 Å². The molecule has 0 saturated heterocycles. The first-order valence-corrected chi connectivity index (χ1v) is 7.06. The average Bonchev–Trinajstić information content (AvgIpc) is 2.91. The van der Waals surface area contributed by atoms with E-state index in [1.807, 2.05) is 24.4 Å². The van der Waals surface area contributed by atoms with E-state index in [1.54, 1.807) is 12.1 Å². The van der Waals surface area contributed by atoms with Crippen molar-refractivity contribution in [3.8, 4) is 0 Å². The van der Waals surface area contributed by atoms with E-state index in [2.05, 4.69) is 21.4 Å². The molecule has 2 N–H and O–H groups in total. The minimum Gasteiger partial charge on any atom is -0.361 e. The molecule has 1 amide bonds. The molecule has 0 bridgehead atoms. The summed E-state index contributed by atoms with van der Waals surface area (Å²) in [6.07, 6.45) is 4.56. The van der Waals surface area contributed by atoms with E-state index in [0.29, 0.717) is 23.7 Å². The van der Waals surface area contributed by atoms with Crippen LogP contribution in [-0.2, 0) is 11.2 Å². The number of halogens is 1. The van der Waals surface area contributed by atoms with Gasteiger partial charge in [0, 0.05) is 29.7 Å². The lowest BCUT2D eigenvalue weighted by Crippen LogP contribution is -2.13. The molecule has 3 rings (SSSR count). The molecule has 0 saturated carbocycles. The zero-order valence-corrected chi connectivity index (χ0v) is 12.0. The van der Waals surface area contributed by atoms with Gasteiger partial charge in [0.2, 0.25) is 5.91 Å². The molecule has 5 heteroatoms. The number of nitrogens with zero attached hydrogens (tertiary/aromatic N) is 1. The maximum absolute atomic E-state index is 11.9. The molecule has 0 aliphatic heterocycles. The molecule has 0 spiro atoms. The Morgan fingerprint density at radius 1 is 1.24 bits per heavy atom. The number of amides is 1. The summed E-state index contributed by atoms with van der Waals surface area (Å²) < 4.78 is 0. The molecule has 0 unspecified atom stereocenters. The summed E-state index contributed by atoms with van der Waals surface area (Å²) >= 11 is 5.75. The van der Waals surface area contributed by atoms with Crippen molar-refractivity contribution in [1.82, 2.24) is 9.97 Å². The summed E-state index contributed by atoms with van der Waals surface area (Å²) in [7, 11) is 0. The average molecular weight is 300 g/mol. The summed E-state index contributed by atoms with van der Waals surface area (Å²) in [6.45, 7) is 0. The highest BCUT2D eigenvalue weighted by Crippen LogP contribution is 2.19. The van der Waals surface area contributed by atoms with E-state index in [-0.39, 0.29) is 5.91 Å². The van der Waals surface area contributed by atoms with Crippen molar-refractivity contribution in [2.45, 2.75) is 12.8 Å². The highest BCUT2D eigenvalue weighted by Gasteiger charge is 2.07. The molecule has 21 heavy (non-hydrogen) atoms. The van der Waals surface area contributed by atoms with Crippen molar-refractivity contribution in [1.29, 1.82) is 0 Å². The molecule has 3 aromatic rings. The van der Waals surface area contributed by atoms with Crippen LogP contribution in [0.2, 0.25) is 5.02 Å². The maximum atomic E-state index is 11.9. The van der Waals surface area contributed by atoms with Gasteiger partial charge in [-0.3, -0.25) is 4.79 Å². The largest absolute Gasteiger partial charge is 0.361 e. The predicted octanol–water partition coefficient (Wildman–Crippen LogP) is 3.79. The third kappa shape index (κ3) is 3.23. The standard InChI is InChI=1S/C16H14ClN3O/c17-12-6-7-15(19-10-12)20-16(21)8-5-11-9-18-14-4-2-1-3-13(11)14/h1-4,6-7,9-10,18H,5,8H2,(H,19,20,21). The van der Waals surface area contributed by atoms with E-state index >= 15 is 0 Å². The first-order valence-electron chi connectivity index (χ1n) is 6.69. The zero-order valence-electron chi connectivity index (χ0n) is 11.3. The molecule has 106 valence electrons. The zero-order chi connectivity index (χ0) is 14.7. The number of rotatable bonds is 4. The van der Waals surface area contributed by atoms with Gasteiger partial charge in [-0.1, -0.05) is 29.8 Å². The van der Waals surface area contributed by atoms with Crippen molar-refractivity contribution >= 4 is 34.2 Å². The molecule has 0 aliphatic rings. The summed E-state index contributed by atoms with van der Waals surface area (Å²) in [5.74, 6) is 0.457. The highest BCUT2D eigenvalue weighted by molar-refractivity contribution is 6.30. The number of pyridine rings is 1. The van der Waals surface area contributed by atoms with E-state index in [0.717, 1.165) is 16.5 Å². The van der Waals surface area contributed by atoms with E-state index in [9.17, 15) is 4.79 Å². The number of H-pyrrole nitrogens is 1. The van der Waals surface area contributed by atoms with Gasteiger partial charge in [-0.15, -0.1) is 0 Å². The predicted molar refractivity (Wildman–Crippen MR) is 84.5 cm³/mol. The molecule has 0 fully saturated rings. The van der Waals surface area contributed by atoms with Gasteiger partial charge in [0.25, 0.3) is 0 Å². The number of carbonyl (C=O) groups is 1. The van der Waals surface area contributed by atoms with Gasteiger partial charge in [-0.25, -0.2) is 4.98 Å². The number of aryl methyl sites for hydroxylation is 1. The van der Waals surface area contributed by atoms with Crippen LogP contribution in [0, 0.1) is 0 Å². The Hall–Kier alpha value is -2.33. The fourth-order valence-corrected chi connectivity index (χ4v) is 2.35. The third-order valence-corrected chi connectivity index (χ3v) is 3.51. The van der Waals surface area contributed by atoms with Crippen LogP contribution >= 0.6 is 11.6 Å². The summed E-state index contributed by atoms with van der Waals surface area (Å²) in [4.78, 5) is 19.2. The Balaban J connectivity index is 1.62. The summed E-state index contributed by atoms with van der Waals surface area (Å²) in [5.41, 5.74) is 2.23. The van der Waals surface area contributed by atoms with Gasteiger partial charge in [0.15, 0.2) is 0 Å². The van der Waals surface area contributed by atoms with Crippen LogP contribution in [0.5, 0.6) is 0 Å². The van der Waals surface area contributed by atoms with Crippen molar-refractivity contribution in [3.63, 3.8) is 0 Å². The number of anilines is 1. The number of aromatic amines is 1. The number of hydrogen-bond donors (Lipinski definition) is 2. The van der Waals surface area contributed by atoms with Crippen LogP contribution in [-0.4, -0.2) is 15.9 Å². The first kappa shape index (κ1) is 13.6. The van der Waals surface area contributed by atoms with Crippen LogP contribution in [0.15, 0.2) is 48.8 Å². The number of carbonyl (C=O) groups excluding carboxylic acids is 1. The summed E-state index contributed by atoms with van der Waals surface area (Å²) in [5, 5.41) is 4.47. The molecule has 0 atom stereocenters. The van der Waals surface area contributed by atoms with E-state index in [1.165, 1.54) is 6.20 Å². The molecule has 1 aromatic carbocycles. The number of nitrogens with one attached hydrogen (secondary N) is 2. The SMILES string of the molecule is O=C(CCc1c[nH]c2ccccc12)Nc1ccc(Cl)cn1. The first-order chi connectivity index (χ1) is 10.2. The van der Waals surface area contributed by atoms with Crippen LogP contribution in [0.3, 0.4) is 0 Å².